The number of rotatable bonds is 3. The van der Waals surface area contributed by atoms with Gasteiger partial charge < -0.3 is 10.4 Å². The molecule has 1 aliphatic heterocycles. The van der Waals surface area contributed by atoms with E-state index in [9.17, 15) is 18.0 Å². The molecule has 1 fully saturated rings. The summed E-state index contributed by atoms with van der Waals surface area (Å²) in [6.07, 6.45) is 0.294. The van der Waals surface area contributed by atoms with E-state index in [1.807, 2.05) is 0 Å². The highest BCUT2D eigenvalue weighted by atomic mass is 32.2. The Hall–Kier alpha value is -1.41. The summed E-state index contributed by atoms with van der Waals surface area (Å²) in [5.41, 5.74) is 0.0224. The monoisotopic (exact) mass is 289 g/mol. The van der Waals surface area contributed by atoms with Crippen molar-refractivity contribution in [2.75, 3.05) is 16.8 Å². The summed E-state index contributed by atoms with van der Waals surface area (Å²) in [6, 6.07) is 1.40. The van der Waals surface area contributed by atoms with Crippen molar-refractivity contribution < 1.29 is 23.1 Å². The van der Waals surface area contributed by atoms with E-state index in [0.717, 1.165) is 11.3 Å². The minimum Gasteiger partial charge on any atom is -0.478 e. The summed E-state index contributed by atoms with van der Waals surface area (Å²) >= 11 is 1.10. The van der Waals surface area contributed by atoms with Gasteiger partial charge in [0.1, 0.15) is 5.00 Å². The molecule has 2 rings (SSSR count). The van der Waals surface area contributed by atoms with Crippen molar-refractivity contribution in [3.63, 3.8) is 0 Å². The van der Waals surface area contributed by atoms with E-state index in [-0.39, 0.29) is 22.1 Å². The van der Waals surface area contributed by atoms with Crippen LogP contribution in [0.1, 0.15) is 16.8 Å². The Labute approximate surface area is 108 Å². The molecule has 1 amide bonds. The molecule has 18 heavy (non-hydrogen) atoms. The molecule has 0 aliphatic carbocycles. The fourth-order valence-electron chi connectivity index (χ4n) is 1.79. The van der Waals surface area contributed by atoms with Gasteiger partial charge in [-0.25, -0.2) is 13.2 Å². The average molecular weight is 289 g/mol. The SMILES string of the molecule is O=C(O)c1ccsc1NC(=O)C1CCS(=O)(=O)C1. The maximum Gasteiger partial charge on any atom is 0.338 e. The molecule has 0 saturated carbocycles. The predicted molar refractivity (Wildman–Crippen MR) is 66.7 cm³/mol. The molecule has 8 heteroatoms. The van der Waals surface area contributed by atoms with Crippen molar-refractivity contribution in [1.82, 2.24) is 0 Å². The molecule has 1 unspecified atom stereocenters. The molecule has 98 valence electrons. The fourth-order valence-corrected chi connectivity index (χ4v) is 4.31. The van der Waals surface area contributed by atoms with E-state index < -0.39 is 27.6 Å². The molecule has 1 atom stereocenters. The third-order valence-corrected chi connectivity index (χ3v) is 5.33. The second-order valence-corrected chi connectivity index (χ2v) is 7.20. The third kappa shape index (κ3) is 2.70. The summed E-state index contributed by atoms with van der Waals surface area (Å²) in [6.45, 7) is 0. The summed E-state index contributed by atoms with van der Waals surface area (Å²) < 4.78 is 22.5. The van der Waals surface area contributed by atoms with Crippen LogP contribution in [0.5, 0.6) is 0 Å². The van der Waals surface area contributed by atoms with Gasteiger partial charge in [-0.2, -0.15) is 0 Å². The number of thiophene rings is 1. The number of anilines is 1. The summed E-state index contributed by atoms with van der Waals surface area (Å²) in [4.78, 5) is 22.7. The van der Waals surface area contributed by atoms with Crippen LogP contribution in [0.4, 0.5) is 5.00 Å². The molecule has 1 aromatic heterocycles. The third-order valence-electron chi connectivity index (χ3n) is 2.74. The topological polar surface area (TPSA) is 101 Å². The Morgan fingerprint density at radius 1 is 1.44 bits per heavy atom. The minimum absolute atomic E-state index is 0.0152. The Bertz CT molecular complexity index is 589. The second-order valence-electron chi connectivity index (χ2n) is 4.06. The molecule has 6 nitrogen and oxygen atoms in total. The maximum absolute atomic E-state index is 11.8. The Morgan fingerprint density at radius 2 is 2.17 bits per heavy atom. The van der Waals surface area contributed by atoms with Crippen LogP contribution in [0.25, 0.3) is 0 Å². The van der Waals surface area contributed by atoms with Gasteiger partial charge in [-0.3, -0.25) is 4.79 Å². The van der Waals surface area contributed by atoms with Gasteiger partial charge in [-0.1, -0.05) is 0 Å². The first-order valence-electron chi connectivity index (χ1n) is 5.21. The van der Waals surface area contributed by atoms with E-state index in [4.69, 9.17) is 5.11 Å². The van der Waals surface area contributed by atoms with E-state index in [1.165, 1.54) is 6.07 Å². The Morgan fingerprint density at radius 3 is 2.72 bits per heavy atom. The van der Waals surface area contributed by atoms with Gasteiger partial charge in [0.2, 0.25) is 5.91 Å². The summed E-state index contributed by atoms with van der Waals surface area (Å²) in [5, 5.41) is 13.2. The minimum atomic E-state index is -3.12. The number of nitrogens with one attached hydrogen (secondary N) is 1. The van der Waals surface area contributed by atoms with E-state index in [0.29, 0.717) is 6.42 Å². The summed E-state index contributed by atoms with van der Waals surface area (Å²) in [7, 11) is -3.12. The lowest BCUT2D eigenvalue weighted by atomic mass is 10.1. The van der Waals surface area contributed by atoms with Crippen molar-refractivity contribution in [1.29, 1.82) is 0 Å². The van der Waals surface area contributed by atoms with Gasteiger partial charge in [0.25, 0.3) is 0 Å². The highest BCUT2D eigenvalue weighted by Crippen LogP contribution is 2.26. The zero-order valence-electron chi connectivity index (χ0n) is 9.25. The molecular formula is C10H11NO5S2. The first-order valence-corrected chi connectivity index (χ1v) is 7.91. The molecule has 0 aromatic carbocycles. The standard InChI is InChI=1S/C10H11NO5S2/c12-8(6-2-4-18(15,16)5-6)11-9-7(10(13)14)1-3-17-9/h1,3,6H,2,4-5H2,(H,11,12)(H,13,14). The lowest BCUT2D eigenvalue weighted by Crippen LogP contribution is -2.24. The molecule has 1 aliphatic rings. The summed E-state index contributed by atoms with van der Waals surface area (Å²) in [5.74, 6) is -2.28. The number of hydrogen-bond acceptors (Lipinski definition) is 5. The number of aromatic carboxylic acids is 1. The van der Waals surface area contributed by atoms with Crippen LogP contribution in [-0.4, -0.2) is 36.9 Å². The van der Waals surface area contributed by atoms with Crippen molar-refractivity contribution >= 4 is 38.1 Å². The molecule has 0 spiro atoms. The number of carbonyl (C=O) groups is 2. The van der Waals surface area contributed by atoms with Gasteiger partial charge in [-0.05, 0) is 17.9 Å². The van der Waals surface area contributed by atoms with Gasteiger partial charge >= 0.3 is 5.97 Å². The number of hydrogen-bond donors (Lipinski definition) is 2. The normalized spacial score (nSPS) is 21.7. The quantitative estimate of drug-likeness (QED) is 0.858. The maximum atomic E-state index is 11.8. The predicted octanol–water partition coefficient (Wildman–Crippen LogP) is 0.819. The van der Waals surface area contributed by atoms with Crippen LogP contribution in [0, 0.1) is 5.92 Å². The van der Waals surface area contributed by atoms with Crippen LogP contribution in [0.3, 0.4) is 0 Å². The largest absolute Gasteiger partial charge is 0.478 e. The van der Waals surface area contributed by atoms with Crippen molar-refractivity contribution in [2.24, 2.45) is 5.92 Å². The van der Waals surface area contributed by atoms with E-state index in [2.05, 4.69) is 5.32 Å². The van der Waals surface area contributed by atoms with Crippen LogP contribution in [-0.2, 0) is 14.6 Å². The first-order chi connectivity index (χ1) is 8.39. The molecule has 1 aromatic rings. The van der Waals surface area contributed by atoms with Crippen LogP contribution >= 0.6 is 11.3 Å². The number of carbonyl (C=O) groups excluding carboxylic acids is 1. The van der Waals surface area contributed by atoms with Gasteiger partial charge in [-0.15, -0.1) is 11.3 Å². The van der Waals surface area contributed by atoms with Gasteiger partial charge in [0.05, 0.1) is 23.0 Å². The Balaban J connectivity index is 2.08. The van der Waals surface area contributed by atoms with Crippen molar-refractivity contribution in [3.05, 3.63) is 17.0 Å². The van der Waals surface area contributed by atoms with E-state index >= 15 is 0 Å². The molecule has 1 saturated heterocycles. The fraction of sp³-hybridized carbons (Fsp3) is 0.400. The molecule has 2 heterocycles. The molecular weight excluding hydrogens is 278 g/mol. The number of carboxylic acid groups (broad SMARTS) is 1. The smallest absolute Gasteiger partial charge is 0.338 e. The molecule has 0 radical (unpaired) electrons. The van der Waals surface area contributed by atoms with Crippen LogP contribution < -0.4 is 5.32 Å². The second kappa shape index (κ2) is 4.69. The van der Waals surface area contributed by atoms with Crippen molar-refractivity contribution in [2.45, 2.75) is 6.42 Å². The van der Waals surface area contributed by atoms with Gasteiger partial charge in [0, 0.05) is 0 Å². The molecule has 2 N–H and O–H groups in total. The number of carboxylic acids is 1. The average Bonchev–Trinajstić information content (AvgIpc) is 2.84. The zero-order valence-corrected chi connectivity index (χ0v) is 10.9. The highest BCUT2D eigenvalue weighted by molar-refractivity contribution is 7.91. The lowest BCUT2D eigenvalue weighted by molar-refractivity contribution is -0.119. The highest BCUT2D eigenvalue weighted by Gasteiger charge is 2.33. The molecule has 0 bridgehead atoms. The number of sulfone groups is 1. The van der Waals surface area contributed by atoms with Crippen molar-refractivity contribution in [3.8, 4) is 0 Å². The van der Waals surface area contributed by atoms with Crippen LogP contribution in [0.2, 0.25) is 0 Å². The Kier molecular flexibility index (Phi) is 3.40. The van der Waals surface area contributed by atoms with Gasteiger partial charge in [0.15, 0.2) is 9.84 Å². The zero-order chi connectivity index (χ0) is 13.3. The first kappa shape index (κ1) is 13.0. The number of amides is 1. The lowest BCUT2D eigenvalue weighted by Gasteiger charge is -2.08. The van der Waals surface area contributed by atoms with E-state index in [1.54, 1.807) is 5.38 Å². The van der Waals surface area contributed by atoms with Crippen LogP contribution in [0.15, 0.2) is 11.4 Å².